The van der Waals surface area contributed by atoms with Crippen molar-refractivity contribution in [1.82, 2.24) is 9.80 Å². The number of thiophene rings is 1. The minimum absolute atomic E-state index is 0.328. The molecule has 0 radical (unpaired) electrons. The summed E-state index contributed by atoms with van der Waals surface area (Å²) in [6, 6.07) is 2.70. The highest BCUT2D eigenvalue weighted by atomic mass is 32.1. The van der Waals surface area contributed by atoms with E-state index in [-0.39, 0.29) is 0 Å². The normalized spacial score (nSPS) is 23.6. The van der Waals surface area contributed by atoms with E-state index in [9.17, 15) is 4.79 Å². The lowest BCUT2D eigenvalue weighted by atomic mass is 9.98. The molecule has 0 aliphatic carbocycles. The van der Waals surface area contributed by atoms with Crippen LogP contribution in [0.5, 0.6) is 0 Å². The smallest absolute Gasteiger partial charge is 0.236 e. The van der Waals surface area contributed by atoms with Crippen LogP contribution in [-0.2, 0) is 11.2 Å². The summed E-state index contributed by atoms with van der Waals surface area (Å²) >= 11 is 1.87. The van der Waals surface area contributed by atoms with Gasteiger partial charge in [-0.15, -0.1) is 11.3 Å². The minimum atomic E-state index is 0.328. The number of rotatable bonds is 3. The molecule has 0 N–H and O–H groups in total. The third-order valence-electron chi connectivity index (χ3n) is 4.39. The van der Waals surface area contributed by atoms with Crippen molar-refractivity contribution in [3.63, 3.8) is 0 Å². The van der Waals surface area contributed by atoms with Crippen molar-refractivity contribution in [3.05, 3.63) is 21.9 Å². The van der Waals surface area contributed by atoms with Gasteiger partial charge in [-0.3, -0.25) is 9.69 Å². The maximum Gasteiger partial charge on any atom is 0.236 e. The van der Waals surface area contributed by atoms with Gasteiger partial charge in [0.1, 0.15) is 0 Å². The molecule has 3 heterocycles. The first-order valence-corrected chi connectivity index (χ1v) is 8.25. The maximum atomic E-state index is 12.3. The van der Waals surface area contributed by atoms with Crippen LogP contribution in [-0.4, -0.2) is 41.9 Å². The molecule has 104 valence electrons. The Labute approximate surface area is 119 Å². The van der Waals surface area contributed by atoms with Gasteiger partial charge in [0, 0.05) is 30.6 Å². The van der Waals surface area contributed by atoms with Crippen LogP contribution >= 0.6 is 11.3 Å². The Morgan fingerprint density at radius 3 is 2.89 bits per heavy atom. The predicted octanol–water partition coefficient (Wildman–Crippen LogP) is 2.68. The molecule has 1 atom stereocenters. The van der Waals surface area contributed by atoms with Crippen molar-refractivity contribution in [2.75, 3.05) is 26.2 Å². The van der Waals surface area contributed by atoms with Gasteiger partial charge in [0.05, 0.1) is 6.54 Å². The average molecular weight is 278 g/mol. The molecular formula is C15H22N2OS. The van der Waals surface area contributed by atoms with E-state index in [1.54, 1.807) is 0 Å². The molecule has 0 spiro atoms. The molecule has 1 unspecified atom stereocenters. The zero-order valence-corrected chi connectivity index (χ0v) is 12.4. The van der Waals surface area contributed by atoms with Crippen molar-refractivity contribution in [3.8, 4) is 0 Å². The highest BCUT2D eigenvalue weighted by Gasteiger charge is 2.29. The van der Waals surface area contributed by atoms with Gasteiger partial charge < -0.3 is 4.90 Å². The zero-order chi connectivity index (χ0) is 13.2. The molecule has 1 fully saturated rings. The number of hydrogen-bond acceptors (Lipinski definition) is 3. The highest BCUT2D eigenvalue weighted by molar-refractivity contribution is 7.10. The molecule has 3 nitrogen and oxygen atoms in total. The quantitative estimate of drug-likeness (QED) is 0.848. The Balaban J connectivity index is 1.69. The predicted molar refractivity (Wildman–Crippen MR) is 78.4 cm³/mol. The van der Waals surface area contributed by atoms with Gasteiger partial charge >= 0.3 is 0 Å². The lowest BCUT2D eigenvalue weighted by Crippen LogP contribution is -2.43. The first-order valence-electron chi connectivity index (χ1n) is 7.37. The van der Waals surface area contributed by atoms with Crippen molar-refractivity contribution < 1.29 is 4.79 Å². The third-order valence-corrected chi connectivity index (χ3v) is 5.39. The second kappa shape index (κ2) is 5.63. The number of amides is 1. The Hall–Kier alpha value is -0.870. The van der Waals surface area contributed by atoms with Crippen LogP contribution in [0.2, 0.25) is 0 Å². The summed E-state index contributed by atoms with van der Waals surface area (Å²) in [5, 5.41) is 2.19. The lowest BCUT2D eigenvalue weighted by molar-refractivity contribution is -0.132. The molecule has 2 aliphatic rings. The van der Waals surface area contributed by atoms with E-state index < -0.39 is 0 Å². The average Bonchev–Trinajstić information content (AvgIpc) is 3.09. The Kier molecular flexibility index (Phi) is 3.89. The molecule has 1 saturated heterocycles. The lowest BCUT2D eigenvalue weighted by Gasteiger charge is -2.35. The van der Waals surface area contributed by atoms with Crippen LogP contribution in [0.25, 0.3) is 0 Å². The second-order valence-electron chi connectivity index (χ2n) is 5.53. The second-order valence-corrected chi connectivity index (χ2v) is 6.53. The minimum Gasteiger partial charge on any atom is -0.342 e. The van der Waals surface area contributed by atoms with Gasteiger partial charge in [0.2, 0.25) is 5.91 Å². The molecule has 0 bridgehead atoms. The summed E-state index contributed by atoms with van der Waals surface area (Å²) in [7, 11) is 0. The van der Waals surface area contributed by atoms with Crippen LogP contribution in [0, 0.1) is 0 Å². The molecule has 3 rings (SSSR count). The largest absolute Gasteiger partial charge is 0.342 e. The molecule has 4 heteroatoms. The highest BCUT2D eigenvalue weighted by Crippen LogP contribution is 2.35. The topological polar surface area (TPSA) is 23.6 Å². The number of carbonyl (C=O) groups excluding carboxylic acids is 1. The molecule has 1 aromatic heterocycles. The molecule has 0 aromatic carbocycles. The fourth-order valence-corrected chi connectivity index (χ4v) is 4.28. The van der Waals surface area contributed by atoms with Gasteiger partial charge in [-0.2, -0.15) is 0 Å². The Morgan fingerprint density at radius 1 is 1.37 bits per heavy atom. The molecule has 1 aromatic rings. The van der Waals surface area contributed by atoms with Gasteiger partial charge in [-0.05, 0) is 42.7 Å². The molecule has 2 aliphatic heterocycles. The molecular weight excluding hydrogens is 256 g/mol. The summed E-state index contributed by atoms with van der Waals surface area (Å²) < 4.78 is 0. The molecule has 1 amide bonds. The summed E-state index contributed by atoms with van der Waals surface area (Å²) in [5.74, 6) is 0.328. The summed E-state index contributed by atoms with van der Waals surface area (Å²) in [6.45, 7) is 5.80. The van der Waals surface area contributed by atoms with E-state index in [1.807, 2.05) is 16.2 Å². The van der Waals surface area contributed by atoms with Crippen molar-refractivity contribution in [1.29, 1.82) is 0 Å². The Morgan fingerprint density at radius 2 is 2.16 bits per heavy atom. The SMILES string of the molecule is CCC1c2ccsc2CCN1CC(=O)N1CCCC1. The van der Waals surface area contributed by atoms with E-state index in [4.69, 9.17) is 0 Å². The van der Waals surface area contributed by atoms with E-state index in [2.05, 4.69) is 23.3 Å². The standard InChI is InChI=1S/C15H22N2OS/c1-2-13-12-6-10-19-14(12)5-9-17(13)11-15(18)16-7-3-4-8-16/h6,10,13H,2-5,7-9,11H2,1H3. The van der Waals surface area contributed by atoms with E-state index >= 15 is 0 Å². The Bertz CT molecular complexity index is 451. The van der Waals surface area contributed by atoms with Gasteiger partial charge in [-0.1, -0.05) is 6.92 Å². The maximum absolute atomic E-state index is 12.3. The fraction of sp³-hybridized carbons (Fsp3) is 0.667. The van der Waals surface area contributed by atoms with Crippen molar-refractivity contribution >= 4 is 17.2 Å². The van der Waals surface area contributed by atoms with Crippen LogP contribution in [0.1, 0.15) is 42.7 Å². The number of nitrogens with zero attached hydrogens (tertiary/aromatic N) is 2. The van der Waals surface area contributed by atoms with Gasteiger partial charge in [-0.25, -0.2) is 0 Å². The number of fused-ring (bicyclic) bond motifs is 1. The van der Waals surface area contributed by atoms with E-state index in [0.717, 1.165) is 32.5 Å². The van der Waals surface area contributed by atoms with Gasteiger partial charge in [0.25, 0.3) is 0 Å². The van der Waals surface area contributed by atoms with Crippen molar-refractivity contribution in [2.24, 2.45) is 0 Å². The molecule has 19 heavy (non-hydrogen) atoms. The fourth-order valence-electron chi connectivity index (χ4n) is 3.36. The number of likely N-dealkylation sites (tertiary alicyclic amines) is 1. The van der Waals surface area contributed by atoms with Crippen LogP contribution in [0.4, 0.5) is 0 Å². The van der Waals surface area contributed by atoms with Crippen LogP contribution in [0.15, 0.2) is 11.4 Å². The number of carbonyl (C=O) groups is 1. The van der Waals surface area contributed by atoms with Gasteiger partial charge in [0.15, 0.2) is 0 Å². The third kappa shape index (κ3) is 2.56. The molecule has 0 saturated carbocycles. The first kappa shape index (κ1) is 13.1. The zero-order valence-electron chi connectivity index (χ0n) is 11.6. The van der Waals surface area contributed by atoms with Crippen LogP contribution < -0.4 is 0 Å². The van der Waals surface area contributed by atoms with E-state index in [0.29, 0.717) is 18.5 Å². The number of hydrogen-bond donors (Lipinski definition) is 0. The van der Waals surface area contributed by atoms with Crippen molar-refractivity contribution in [2.45, 2.75) is 38.6 Å². The summed E-state index contributed by atoms with van der Waals surface area (Å²) in [5.41, 5.74) is 1.47. The first-order chi connectivity index (χ1) is 9.29. The summed E-state index contributed by atoms with van der Waals surface area (Å²) in [6.07, 6.45) is 4.56. The van der Waals surface area contributed by atoms with E-state index in [1.165, 1.54) is 23.3 Å². The van der Waals surface area contributed by atoms with Crippen LogP contribution in [0.3, 0.4) is 0 Å². The monoisotopic (exact) mass is 278 g/mol. The summed E-state index contributed by atoms with van der Waals surface area (Å²) in [4.78, 5) is 18.3.